The number of aromatic nitrogens is 2. The summed E-state index contributed by atoms with van der Waals surface area (Å²) in [4.78, 5) is 8.43. The number of aliphatic imine (C=N–C) groups is 1. The molecule has 104 valence electrons. The highest BCUT2D eigenvalue weighted by atomic mass is 15.1. The maximum absolute atomic E-state index is 9.08. The average molecular weight is 276 g/mol. The molecule has 0 N–H and O–H groups in total. The van der Waals surface area contributed by atoms with Crippen LogP contribution in [0.1, 0.15) is 37.2 Å². The van der Waals surface area contributed by atoms with E-state index < -0.39 is 0 Å². The molecule has 4 nitrogen and oxygen atoms in total. The molecule has 0 bridgehead atoms. The van der Waals surface area contributed by atoms with E-state index in [1.165, 1.54) is 12.8 Å². The highest BCUT2D eigenvalue weighted by Gasteiger charge is 2.28. The van der Waals surface area contributed by atoms with Crippen molar-refractivity contribution in [2.75, 3.05) is 0 Å². The average Bonchev–Trinajstić information content (AvgIpc) is 3.26. The van der Waals surface area contributed by atoms with Gasteiger partial charge in [-0.25, -0.2) is 4.98 Å². The molecule has 2 aromatic rings. The first-order valence-corrected chi connectivity index (χ1v) is 6.96. The lowest BCUT2D eigenvalue weighted by atomic mass is 10.2. The molecular weight excluding hydrogens is 260 g/mol. The Morgan fingerprint density at radius 2 is 2.33 bits per heavy atom. The predicted molar refractivity (Wildman–Crippen MR) is 85.1 cm³/mol. The van der Waals surface area contributed by atoms with E-state index in [0.29, 0.717) is 11.6 Å². The smallest absolute Gasteiger partial charge is 0.137 e. The summed E-state index contributed by atoms with van der Waals surface area (Å²) in [5.41, 5.74) is 3.74. The molecule has 21 heavy (non-hydrogen) atoms. The summed E-state index contributed by atoms with van der Waals surface area (Å²) in [5.74, 6) is 0.969. The molecule has 0 radical (unpaired) electrons. The van der Waals surface area contributed by atoms with Crippen molar-refractivity contribution in [1.29, 1.82) is 5.26 Å². The van der Waals surface area contributed by atoms with Gasteiger partial charge in [0.05, 0.1) is 22.7 Å². The van der Waals surface area contributed by atoms with Crippen LogP contribution in [0.4, 0.5) is 0 Å². The summed E-state index contributed by atoms with van der Waals surface area (Å²) in [5, 5.41) is 9.08. The molecule has 1 aliphatic rings. The summed E-state index contributed by atoms with van der Waals surface area (Å²) in [6, 6.07) is 8.37. The molecule has 1 aliphatic carbocycles. The number of nitrogens with zero attached hydrogens (tertiary/aromatic N) is 4. The van der Waals surface area contributed by atoms with Gasteiger partial charge in [-0.1, -0.05) is 6.08 Å². The van der Waals surface area contributed by atoms with Crippen LogP contribution in [0, 0.1) is 11.3 Å². The highest BCUT2D eigenvalue weighted by molar-refractivity contribution is 5.81. The van der Waals surface area contributed by atoms with Crippen LogP contribution in [-0.2, 0) is 0 Å². The van der Waals surface area contributed by atoms with E-state index in [4.69, 9.17) is 10.2 Å². The van der Waals surface area contributed by atoms with Crippen molar-refractivity contribution in [1.82, 2.24) is 9.55 Å². The number of nitriles is 1. The largest absolute Gasteiger partial charge is 0.321 e. The van der Waals surface area contributed by atoms with Crippen LogP contribution in [-0.4, -0.2) is 16.3 Å². The van der Waals surface area contributed by atoms with Gasteiger partial charge < -0.3 is 4.57 Å². The van der Waals surface area contributed by atoms with Crippen molar-refractivity contribution in [3.63, 3.8) is 0 Å². The number of hydrogen-bond donors (Lipinski definition) is 0. The SMILES string of the molecule is C=NC=CC=C(C)c1nc2ccc(C#N)cc2n1C1CC1. The molecule has 1 heterocycles. The normalized spacial score (nSPS) is 15.5. The number of fused-ring (bicyclic) bond motifs is 1. The zero-order chi connectivity index (χ0) is 14.8. The van der Waals surface area contributed by atoms with E-state index in [2.05, 4.69) is 22.3 Å². The van der Waals surface area contributed by atoms with Crippen LogP contribution in [0.25, 0.3) is 16.6 Å². The van der Waals surface area contributed by atoms with E-state index in [0.717, 1.165) is 22.4 Å². The van der Waals surface area contributed by atoms with Gasteiger partial charge in [-0.3, -0.25) is 4.99 Å². The summed E-state index contributed by atoms with van der Waals surface area (Å²) in [6.45, 7) is 5.46. The van der Waals surface area contributed by atoms with Gasteiger partial charge in [-0.15, -0.1) is 0 Å². The monoisotopic (exact) mass is 276 g/mol. The standard InChI is InChI=1S/C17H16N4/c1-12(4-3-9-19-2)17-20-15-8-5-13(11-18)10-16(15)21(17)14-6-7-14/h3-5,8-10,14H,2,6-7H2,1H3. The molecule has 1 fully saturated rings. The Labute approximate surface area is 123 Å². The minimum absolute atomic E-state index is 0.504. The van der Waals surface area contributed by atoms with Crippen LogP contribution in [0.3, 0.4) is 0 Å². The fourth-order valence-corrected chi connectivity index (χ4v) is 2.47. The minimum Gasteiger partial charge on any atom is -0.321 e. The van der Waals surface area contributed by atoms with Crippen molar-refractivity contribution < 1.29 is 0 Å². The van der Waals surface area contributed by atoms with Crippen LogP contribution in [0.15, 0.2) is 41.5 Å². The molecule has 0 spiro atoms. The lowest BCUT2D eigenvalue weighted by molar-refractivity contribution is 0.752. The Kier molecular flexibility index (Phi) is 3.41. The Bertz CT molecular complexity index is 798. The van der Waals surface area contributed by atoms with Gasteiger partial charge in [0.15, 0.2) is 0 Å². The second-order valence-electron chi connectivity index (χ2n) is 5.23. The second kappa shape index (κ2) is 5.37. The molecule has 0 atom stereocenters. The Balaban J connectivity index is 2.16. The van der Waals surface area contributed by atoms with Crippen molar-refractivity contribution in [2.24, 2.45) is 4.99 Å². The number of hydrogen-bond acceptors (Lipinski definition) is 3. The second-order valence-corrected chi connectivity index (χ2v) is 5.23. The van der Waals surface area contributed by atoms with E-state index in [-0.39, 0.29) is 0 Å². The third-order valence-corrected chi connectivity index (χ3v) is 3.62. The number of allylic oxidation sites excluding steroid dienone is 3. The molecule has 0 aliphatic heterocycles. The van der Waals surface area contributed by atoms with E-state index in [1.54, 1.807) is 6.20 Å². The first-order chi connectivity index (χ1) is 10.2. The predicted octanol–water partition coefficient (Wildman–Crippen LogP) is 3.86. The van der Waals surface area contributed by atoms with Crippen molar-refractivity contribution in [3.05, 3.63) is 47.9 Å². The lowest BCUT2D eigenvalue weighted by Gasteiger charge is -2.07. The van der Waals surface area contributed by atoms with E-state index >= 15 is 0 Å². The van der Waals surface area contributed by atoms with Crippen molar-refractivity contribution >= 4 is 23.3 Å². The third kappa shape index (κ3) is 2.50. The molecule has 1 saturated carbocycles. The van der Waals surface area contributed by atoms with Crippen LogP contribution in [0.5, 0.6) is 0 Å². The molecular formula is C17H16N4. The maximum atomic E-state index is 9.08. The first kappa shape index (κ1) is 13.3. The summed E-state index contributed by atoms with van der Waals surface area (Å²) < 4.78 is 2.26. The molecule has 4 heteroatoms. The molecule has 0 amide bonds. The zero-order valence-electron chi connectivity index (χ0n) is 12.0. The first-order valence-electron chi connectivity index (χ1n) is 6.96. The minimum atomic E-state index is 0.504. The molecule has 0 saturated heterocycles. The fourth-order valence-electron chi connectivity index (χ4n) is 2.47. The number of imidazole rings is 1. The summed E-state index contributed by atoms with van der Waals surface area (Å²) >= 11 is 0. The molecule has 1 aromatic carbocycles. The van der Waals surface area contributed by atoms with Crippen molar-refractivity contribution in [3.8, 4) is 6.07 Å². The summed E-state index contributed by atoms with van der Waals surface area (Å²) in [6.07, 6.45) is 7.85. The number of rotatable bonds is 4. The molecule has 1 aromatic heterocycles. The topological polar surface area (TPSA) is 54.0 Å². The molecule has 0 unspecified atom stereocenters. The highest BCUT2D eigenvalue weighted by Crippen LogP contribution is 2.40. The third-order valence-electron chi connectivity index (χ3n) is 3.62. The van der Waals surface area contributed by atoms with Gasteiger partial charge >= 0.3 is 0 Å². The zero-order valence-corrected chi connectivity index (χ0v) is 12.0. The van der Waals surface area contributed by atoms with Crippen LogP contribution >= 0.6 is 0 Å². The van der Waals surface area contributed by atoms with Gasteiger partial charge in [0.2, 0.25) is 0 Å². The van der Waals surface area contributed by atoms with Gasteiger partial charge in [0.25, 0.3) is 0 Å². The molecule has 3 rings (SSSR count). The van der Waals surface area contributed by atoms with E-state index in [9.17, 15) is 0 Å². The number of benzene rings is 1. The maximum Gasteiger partial charge on any atom is 0.137 e. The Morgan fingerprint density at radius 3 is 3.00 bits per heavy atom. The quantitative estimate of drug-likeness (QED) is 0.629. The van der Waals surface area contributed by atoms with Gasteiger partial charge in [-0.05, 0) is 56.3 Å². The lowest BCUT2D eigenvalue weighted by Crippen LogP contribution is -1.99. The van der Waals surface area contributed by atoms with E-state index in [1.807, 2.05) is 37.3 Å². The Morgan fingerprint density at radius 1 is 1.52 bits per heavy atom. The van der Waals surface area contributed by atoms with Crippen LogP contribution in [0.2, 0.25) is 0 Å². The fraction of sp³-hybridized carbons (Fsp3) is 0.235. The van der Waals surface area contributed by atoms with Gasteiger partial charge in [0.1, 0.15) is 5.82 Å². The Hall–Kier alpha value is -2.67. The van der Waals surface area contributed by atoms with Gasteiger partial charge in [0, 0.05) is 12.2 Å². The van der Waals surface area contributed by atoms with Crippen molar-refractivity contribution in [2.45, 2.75) is 25.8 Å². The summed E-state index contributed by atoms with van der Waals surface area (Å²) in [7, 11) is 0. The van der Waals surface area contributed by atoms with Gasteiger partial charge in [-0.2, -0.15) is 5.26 Å². The van der Waals surface area contributed by atoms with Crippen LogP contribution < -0.4 is 0 Å².